The number of ether oxygens (including phenoxy) is 1. The van der Waals surface area contributed by atoms with E-state index in [2.05, 4.69) is 4.98 Å². The molecule has 1 saturated carbocycles. The van der Waals surface area contributed by atoms with Crippen LogP contribution in [0.25, 0.3) is 0 Å². The topological polar surface area (TPSA) is 72.0 Å². The summed E-state index contributed by atoms with van der Waals surface area (Å²) in [6.45, 7) is 0.731. The molecule has 1 heterocycles. The third-order valence-electron chi connectivity index (χ3n) is 2.16. The fraction of sp³-hybridized carbons (Fsp3) is 0.400. The van der Waals surface area contributed by atoms with Crippen LogP contribution in [0.5, 0.6) is 5.88 Å². The molecule has 1 aromatic rings. The molecular formula is C10H13N3O. The van der Waals surface area contributed by atoms with E-state index in [1.54, 1.807) is 18.2 Å². The van der Waals surface area contributed by atoms with Gasteiger partial charge >= 0.3 is 0 Å². The van der Waals surface area contributed by atoms with Gasteiger partial charge in [-0.05, 0) is 24.8 Å². The lowest BCUT2D eigenvalue weighted by Gasteiger charge is -2.04. The first-order chi connectivity index (χ1) is 6.75. The monoisotopic (exact) mass is 191 g/mol. The number of hydrogen-bond acceptors (Lipinski definition) is 3. The van der Waals surface area contributed by atoms with Crippen molar-refractivity contribution in [3.05, 3.63) is 23.9 Å². The highest BCUT2D eigenvalue weighted by Gasteiger charge is 2.22. The number of aromatic nitrogens is 1. The molecule has 1 aliphatic rings. The van der Waals surface area contributed by atoms with E-state index in [0.717, 1.165) is 6.61 Å². The van der Waals surface area contributed by atoms with E-state index in [4.69, 9.17) is 15.9 Å². The maximum atomic E-state index is 7.22. The van der Waals surface area contributed by atoms with E-state index in [-0.39, 0.29) is 5.84 Å². The van der Waals surface area contributed by atoms with Gasteiger partial charge in [0.2, 0.25) is 5.88 Å². The van der Waals surface area contributed by atoms with Crippen molar-refractivity contribution in [1.82, 2.24) is 4.98 Å². The average molecular weight is 191 g/mol. The van der Waals surface area contributed by atoms with E-state index in [1.165, 1.54) is 12.8 Å². The number of amidine groups is 1. The molecule has 1 fully saturated rings. The first-order valence-electron chi connectivity index (χ1n) is 4.70. The molecule has 0 spiro atoms. The van der Waals surface area contributed by atoms with Crippen LogP contribution in [0, 0.1) is 11.3 Å². The standard InChI is InChI=1S/C10H13N3O/c11-10(12)8-2-1-3-9(13-8)14-6-7-4-5-7/h1-3,7H,4-6H2,(H3,11,12). The van der Waals surface area contributed by atoms with Crippen molar-refractivity contribution in [2.45, 2.75) is 12.8 Å². The molecule has 3 N–H and O–H groups in total. The maximum Gasteiger partial charge on any atom is 0.213 e. The number of hydrogen-bond donors (Lipinski definition) is 2. The number of rotatable bonds is 4. The van der Waals surface area contributed by atoms with Crippen LogP contribution >= 0.6 is 0 Å². The Kier molecular flexibility index (Phi) is 2.35. The van der Waals surface area contributed by atoms with Gasteiger partial charge in [0.05, 0.1) is 6.61 Å². The van der Waals surface area contributed by atoms with Crippen LogP contribution in [-0.4, -0.2) is 17.4 Å². The highest BCUT2D eigenvalue weighted by atomic mass is 16.5. The summed E-state index contributed by atoms with van der Waals surface area (Å²) in [6, 6.07) is 5.28. The van der Waals surface area contributed by atoms with Crippen molar-refractivity contribution in [3.63, 3.8) is 0 Å². The molecule has 0 radical (unpaired) electrons. The second-order valence-corrected chi connectivity index (χ2v) is 3.53. The molecule has 0 bridgehead atoms. The van der Waals surface area contributed by atoms with Gasteiger partial charge < -0.3 is 10.5 Å². The molecule has 4 heteroatoms. The van der Waals surface area contributed by atoms with Crippen molar-refractivity contribution in [1.29, 1.82) is 5.41 Å². The van der Waals surface area contributed by atoms with E-state index >= 15 is 0 Å². The van der Waals surface area contributed by atoms with Crippen LogP contribution in [0.1, 0.15) is 18.5 Å². The van der Waals surface area contributed by atoms with Gasteiger partial charge in [-0.3, -0.25) is 5.41 Å². The lowest BCUT2D eigenvalue weighted by Crippen LogP contribution is -2.13. The summed E-state index contributed by atoms with van der Waals surface area (Å²) in [6.07, 6.45) is 2.51. The number of pyridine rings is 1. The van der Waals surface area contributed by atoms with Crippen molar-refractivity contribution in [2.24, 2.45) is 11.7 Å². The third kappa shape index (κ3) is 2.22. The van der Waals surface area contributed by atoms with Gasteiger partial charge in [0, 0.05) is 6.07 Å². The Balaban J connectivity index is 2.01. The second kappa shape index (κ2) is 3.65. The molecular weight excluding hydrogens is 178 g/mol. The van der Waals surface area contributed by atoms with Crippen LogP contribution in [-0.2, 0) is 0 Å². The third-order valence-corrected chi connectivity index (χ3v) is 2.16. The maximum absolute atomic E-state index is 7.22. The Morgan fingerprint density at radius 2 is 2.36 bits per heavy atom. The minimum absolute atomic E-state index is 0.0260. The molecule has 14 heavy (non-hydrogen) atoms. The van der Waals surface area contributed by atoms with E-state index in [9.17, 15) is 0 Å². The Morgan fingerprint density at radius 1 is 1.57 bits per heavy atom. The molecule has 2 rings (SSSR count). The molecule has 0 atom stereocenters. The van der Waals surface area contributed by atoms with Gasteiger partial charge in [-0.15, -0.1) is 0 Å². The number of nitrogens with two attached hydrogens (primary N) is 1. The van der Waals surface area contributed by atoms with Crippen LogP contribution in [0.2, 0.25) is 0 Å². The molecule has 0 aromatic carbocycles. The van der Waals surface area contributed by atoms with Crippen LogP contribution in [0.3, 0.4) is 0 Å². The van der Waals surface area contributed by atoms with Crippen molar-refractivity contribution in [3.8, 4) is 5.88 Å². The summed E-state index contributed by atoms with van der Waals surface area (Å²) in [5.74, 6) is 1.24. The quantitative estimate of drug-likeness (QED) is 0.554. The van der Waals surface area contributed by atoms with Crippen molar-refractivity contribution >= 4 is 5.84 Å². The van der Waals surface area contributed by atoms with Crippen LogP contribution in [0.15, 0.2) is 18.2 Å². The summed E-state index contributed by atoms with van der Waals surface area (Å²) in [4.78, 5) is 4.10. The summed E-state index contributed by atoms with van der Waals surface area (Å²) in [5.41, 5.74) is 5.79. The lowest BCUT2D eigenvalue weighted by molar-refractivity contribution is 0.288. The van der Waals surface area contributed by atoms with Crippen molar-refractivity contribution < 1.29 is 4.74 Å². The summed E-state index contributed by atoms with van der Waals surface area (Å²) in [5, 5.41) is 7.22. The predicted octanol–water partition coefficient (Wildman–Crippen LogP) is 1.15. The molecule has 1 aliphatic carbocycles. The van der Waals surface area contributed by atoms with E-state index < -0.39 is 0 Å². The molecule has 74 valence electrons. The zero-order valence-corrected chi connectivity index (χ0v) is 7.86. The average Bonchev–Trinajstić information content (AvgIpc) is 2.99. The summed E-state index contributed by atoms with van der Waals surface area (Å²) >= 11 is 0. The molecule has 0 saturated heterocycles. The second-order valence-electron chi connectivity index (χ2n) is 3.53. The van der Waals surface area contributed by atoms with Crippen LogP contribution in [0.4, 0.5) is 0 Å². The Morgan fingerprint density at radius 3 is 3.00 bits per heavy atom. The zero-order valence-electron chi connectivity index (χ0n) is 7.86. The fourth-order valence-electron chi connectivity index (χ4n) is 1.13. The summed E-state index contributed by atoms with van der Waals surface area (Å²) < 4.78 is 5.46. The highest BCUT2D eigenvalue weighted by molar-refractivity contribution is 5.93. The Labute approximate surface area is 82.6 Å². The lowest BCUT2D eigenvalue weighted by atomic mass is 10.3. The minimum atomic E-state index is -0.0260. The number of nitrogen functional groups attached to an aromatic ring is 1. The van der Waals surface area contributed by atoms with Gasteiger partial charge in [-0.25, -0.2) is 4.98 Å². The van der Waals surface area contributed by atoms with Gasteiger partial charge in [-0.1, -0.05) is 6.07 Å². The normalized spacial score (nSPS) is 15.1. The van der Waals surface area contributed by atoms with Gasteiger partial charge in [0.25, 0.3) is 0 Å². The first-order valence-corrected chi connectivity index (χ1v) is 4.70. The molecule has 0 amide bonds. The van der Waals surface area contributed by atoms with Gasteiger partial charge in [0.15, 0.2) is 0 Å². The molecule has 0 unspecified atom stereocenters. The summed E-state index contributed by atoms with van der Waals surface area (Å²) in [7, 11) is 0. The zero-order chi connectivity index (χ0) is 9.97. The SMILES string of the molecule is N=C(N)c1cccc(OCC2CC2)n1. The molecule has 1 aromatic heterocycles. The van der Waals surface area contributed by atoms with Gasteiger partial charge in [-0.2, -0.15) is 0 Å². The first kappa shape index (κ1) is 8.99. The Bertz CT molecular complexity index is 347. The predicted molar refractivity (Wildman–Crippen MR) is 53.5 cm³/mol. The number of nitrogens with one attached hydrogen (secondary N) is 1. The van der Waals surface area contributed by atoms with E-state index in [1.807, 2.05) is 0 Å². The number of nitrogens with zero attached hydrogens (tertiary/aromatic N) is 1. The smallest absolute Gasteiger partial charge is 0.213 e. The van der Waals surface area contributed by atoms with Crippen molar-refractivity contribution in [2.75, 3.05) is 6.61 Å². The van der Waals surface area contributed by atoms with E-state index in [0.29, 0.717) is 17.5 Å². The molecule has 0 aliphatic heterocycles. The van der Waals surface area contributed by atoms with Crippen LogP contribution < -0.4 is 10.5 Å². The minimum Gasteiger partial charge on any atom is -0.477 e. The molecule has 4 nitrogen and oxygen atoms in total. The largest absolute Gasteiger partial charge is 0.477 e. The highest BCUT2D eigenvalue weighted by Crippen LogP contribution is 2.29. The van der Waals surface area contributed by atoms with Gasteiger partial charge in [0.1, 0.15) is 11.5 Å². The fourth-order valence-corrected chi connectivity index (χ4v) is 1.13. The Hall–Kier alpha value is -1.58.